The number of hydrogen-bond acceptors (Lipinski definition) is 3. The van der Waals surface area contributed by atoms with Gasteiger partial charge < -0.3 is 4.90 Å². The van der Waals surface area contributed by atoms with Crippen molar-refractivity contribution in [2.45, 2.75) is 20.4 Å². The molecule has 0 unspecified atom stereocenters. The predicted octanol–water partition coefficient (Wildman–Crippen LogP) is 3.32. The molecule has 0 radical (unpaired) electrons. The van der Waals surface area contributed by atoms with Crippen molar-refractivity contribution in [1.82, 2.24) is 9.80 Å². The summed E-state index contributed by atoms with van der Waals surface area (Å²) in [5.41, 5.74) is 3.76. The molecule has 0 bridgehead atoms. The topological polar surface area (TPSA) is 23.6 Å². The van der Waals surface area contributed by atoms with Gasteiger partial charge in [0.1, 0.15) is 0 Å². The van der Waals surface area contributed by atoms with Gasteiger partial charge in [-0.2, -0.15) is 0 Å². The number of amides is 1. The molecule has 4 heteroatoms. The van der Waals surface area contributed by atoms with Crippen LogP contribution in [-0.4, -0.2) is 41.9 Å². The number of thiophene rings is 1. The van der Waals surface area contributed by atoms with Crippen molar-refractivity contribution in [2.75, 3.05) is 26.2 Å². The Bertz CT molecular complexity index is 657. The quantitative estimate of drug-likeness (QED) is 0.867. The van der Waals surface area contributed by atoms with Gasteiger partial charge in [-0.3, -0.25) is 9.69 Å². The zero-order valence-corrected chi connectivity index (χ0v) is 14.0. The van der Waals surface area contributed by atoms with Crippen LogP contribution >= 0.6 is 11.3 Å². The van der Waals surface area contributed by atoms with Gasteiger partial charge in [0.05, 0.1) is 4.88 Å². The second kappa shape index (κ2) is 6.63. The highest BCUT2D eigenvalue weighted by Gasteiger charge is 2.23. The van der Waals surface area contributed by atoms with Crippen LogP contribution in [0.3, 0.4) is 0 Å². The maximum absolute atomic E-state index is 12.5. The van der Waals surface area contributed by atoms with Crippen molar-refractivity contribution < 1.29 is 4.79 Å². The Morgan fingerprint density at radius 2 is 1.91 bits per heavy atom. The number of carbonyl (C=O) groups is 1. The van der Waals surface area contributed by atoms with E-state index in [0.717, 1.165) is 43.2 Å². The first kappa shape index (κ1) is 15.3. The molecule has 2 aromatic rings. The minimum absolute atomic E-state index is 0.197. The average Bonchev–Trinajstić information content (AvgIpc) is 2.93. The molecule has 1 aliphatic rings. The summed E-state index contributed by atoms with van der Waals surface area (Å²) in [5, 5.41) is 2.00. The first-order valence-corrected chi connectivity index (χ1v) is 8.63. The second-order valence-corrected chi connectivity index (χ2v) is 6.91. The van der Waals surface area contributed by atoms with Crippen LogP contribution in [0.2, 0.25) is 0 Å². The van der Waals surface area contributed by atoms with Crippen molar-refractivity contribution in [1.29, 1.82) is 0 Å². The van der Waals surface area contributed by atoms with Gasteiger partial charge in [0.2, 0.25) is 0 Å². The average molecular weight is 314 g/mol. The van der Waals surface area contributed by atoms with E-state index in [0.29, 0.717) is 0 Å². The molecule has 0 N–H and O–H groups in total. The molecule has 3 nitrogen and oxygen atoms in total. The van der Waals surface area contributed by atoms with E-state index in [4.69, 9.17) is 0 Å². The summed E-state index contributed by atoms with van der Waals surface area (Å²) in [4.78, 5) is 17.8. The van der Waals surface area contributed by atoms with Crippen LogP contribution in [0.1, 0.15) is 26.4 Å². The van der Waals surface area contributed by atoms with Gasteiger partial charge in [0.15, 0.2) is 0 Å². The lowest BCUT2D eigenvalue weighted by Crippen LogP contribution is -2.48. The molecular weight excluding hydrogens is 292 g/mol. The normalized spacial score (nSPS) is 16.0. The summed E-state index contributed by atoms with van der Waals surface area (Å²) >= 11 is 1.55. The highest BCUT2D eigenvalue weighted by molar-refractivity contribution is 7.12. The van der Waals surface area contributed by atoms with Gasteiger partial charge in [-0.15, -0.1) is 11.3 Å². The Kier molecular flexibility index (Phi) is 4.60. The molecule has 1 aromatic heterocycles. The third-order valence-corrected chi connectivity index (χ3v) is 5.21. The van der Waals surface area contributed by atoms with Gasteiger partial charge in [-0.1, -0.05) is 29.8 Å². The summed E-state index contributed by atoms with van der Waals surface area (Å²) in [6.45, 7) is 8.65. The van der Waals surface area contributed by atoms with Crippen LogP contribution in [0, 0.1) is 13.8 Å². The number of carbonyl (C=O) groups excluding carboxylic acids is 1. The van der Waals surface area contributed by atoms with Crippen LogP contribution < -0.4 is 0 Å². The molecule has 2 heterocycles. The third kappa shape index (κ3) is 3.39. The van der Waals surface area contributed by atoms with Gasteiger partial charge in [-0.05, 0) is 36.4 Å². The Morgan fingerprint density at radius 3 is 2.55 bits per heavy atom. The van der Waals surface area contributed by atoms with Crippen molar-refractivity contribution in [3.8, 4) is 0 Å². The van der Waals surface area contributed by atoms with E-state index in [1.165, 1.54) is 11.1 Å². The largest absolute Gasteiger partial charge is 0.335 e. The van der Waals surface area contributed by atoms with E-state index in [1.807, 2.05) is 23.3 Å². The SMILES string of the molecule is Cc1cccc(CN2CCN(C(=O)c3sccc3C)CC2)c1. The number of piperazine rings is 1. The van der Waals surface area contributed by atoms with Crippen molar-refractivity contribution in [3.05, 3.63) is 57.3 Å². The fourth-order valence-electron chi connectivity index (χ4n) is 2.91. The highest BCUT2D eigenvalue weighted by atomic mass is 32.1. The fourth-order valence-corrected chi connectivity index (χ4v) is 3.81. The van der Waals surface area contributed by atoms with E-state index < -0.39 is 0 Å². The Morgan fingerprint density at radius 1 is 1.14 bits per heavy atom. The molecule has 3 rings (SSSR count). The Labute approximate surface area is 136 Å². The van der Waals surface area contributed by atoms with Crippen LogP contribution in [0.5, 0.6) is 0 Å². The maximum Gasteiger partial charge on any atom is 0.264 e. The van der Waals surface area contributed by atoms with Crippen molar-refractivity contribution in [2.24, 2.45) is 0 Å². The molecular formula is C18H22N2OS. The van der Waals surface area contributed by atoms with Crippen LogP contribution in [0.15, 0.2) is 35.7 Å². The predicted molar refractivity (Wildman–Crippen MR) is 91.4 cm³/mol. The molecule has 22 heavy (non-hydrogen) atoms. The summed E-state index contributed by atoms with van der Waals surface area (Å²) in [5.74, 6) is 0.197. The minimum Gasteiger partial charge on any atom is -0.335 e. The molecule has 0 spiro atoms. The second-order valence-electron chi connectivity index (χ2n) is 5.99. The number of benzene rings is 1. The summed E-state index contributed by atoms with van der Waals surface area (Å²) in [6, 6.07) is 10.7. The standard InChI is InChI=1S/C18H22N2OS/c1-14-4-3-5-16(12-14)13-19-7-9-20(10-8-19)18(21)17-15(2)6-11-22-17/h3-6,11-12H,7-10,13H2,1-2H3. The minimum atomic E-state index is 0.197. The Balaban J connectivity index is 1.56. The lowest BCUT2D eigenvalue weighted by molar-refractivity contribution is 0.0632. The maximum atomic E-state index is 12.5. The van der Waals surface area contributed by atoms with E-state index in [2.05, 4.69) is 36.1 Å². The third-order valence-electron chi connectivity index (χ3n) is 4.20. The first-order valence-electron chi connectivity index (χ1n) is 7.75. The molecule has 1 amide bonds. The molecule has 1 aliphatic heterocycles. The van der Waals surface area contributed by atoms with Crippen LogP contribution in [-0.2, 0) is 6.54 Å². The molecule has 1 fully saturated rings. The van der Waals surface area contributed by atoms with E-state index in [1.54, 1.807) is 11.3 Å². The molecule has 0 atom stereocenters. The summed E-state index contributed by atoms with van der Waals surface area (Å²) in [7, 11) is 0. The van der Waals surface area contributed by atoms with Crippen LogP contribution in [0.4, 0.5) is 0 Å². The fraction of sp³-hybridized carbons (Fsp3) is 0.389. The van der Waals surface area contributed by atoms with Crippen LogP contribution in [0.25, 0.3) is 0 Å². The monoisotopic (exact) mass is 314 g/mol. The number of nitrogens with zero attached hydrogens (tertiary/aromatic N) is 2. The molecule has 1 saturated heterocycles. The number of hydrogen-bond donors (Lipinski definition) is 0. The van der Waals surface area contributed by atoms with Crippen molar-refractivity contribution >= 4 is 17.2 Å². The number of rotatable bonds is 3. The summed E-state index contributed by atoms with van der Waals surface area (Å²) < 4.78 is 0. The first-order chi connectivity index (χ1) is 10.6. The molecule has 0 aliphatic carbocycles. The van der Waals surface area contributed by atoms with E-state index in [9.17, 15) is 4.79 Å². The molecule has 0 saturated carbocycles. The lowest BCUT2D eigenvalue weighted by Gasteiger charge is -2.34. The van der Waals surface area contributed by atoms with E-state index >= 15 is 0 Å². The zero-order valence-electron chi connectivity index (χ0n) is 13.2. The smallest absolute Gasteiger partial charge is 0.264 e. The molecule has 1 aromatic carbocycles. The zero-order chi connectivity index (χ0) is 15.5. The summed E-state index contributed by atoms with van der Waals surface area (Å²) in [6.07, 6.45) is 0. The van der Waals surface area contributed by atoms with Gasteiger partial charge in [0.25, 0.3) is 5.91 Å². The van der Waals surface area contributed by atoms with Gasteiger partial charge >= 0.3 is 0 Å². The Hall–Kier alpha value is -1.65. The highest BCUT2D eigenvalue weighted by Crippen LogP contribution is 2.19. The van der Waals surface area contributed by atoms with Gasteiger partial charge in [0, 0.05) is 32.7 Å². The van der Waals surface area contributed by atoms with Crippen molar-refractivity contribution in [3.63, 3.8) is 0 Å². The number of aryl methyl sites for hydroxylation is 2. The lowest BCUT2D eigenvalue weighted by atomic mass is 10.1. The molecule has 116 valence electrons. The van der Waals surface area contributed by atoms with E-state index in [-0.39, 0.29) is 5.91 Å². The van der Waals surface area contributed by atoms with Gasteiger partial charge in [-0.25, -0.2) is 0 Å².